The fourth-order valence-corrected chi connectivity index (χ4v) is 6.62. The number of amidine groups is 1. The van der Waals surface area contributed by atoms with E-state index in [1.54, 1.807) is 46.3 Å². The van der Waals surface area contributed by atoms with Gasteiger partial charge >= 0.3 is 12.8 Å². The van der Waals surface area contributed by atoms with Crippen LogP contribution in [0.4, 0.5) is 5.82 Å². The Morgan fingerprint density at radius 2 is 2.21 bits per heavy atom. The van der Waals surface area contributed by atoms with E-state index >= 15 is 0 Å². The second-order valence-electron chi connectivity index (χ2n) is 9.27. The number of imidazole rings is 1. The molecule has 0 aliphatic carbocycles. The number of aliphatic imine (C=N–C) groups is 1. The number of hydrogen-bond acceptors (Lipinski definition) is 12. The summed E-state index contributed by atoms with van der Waals surface area (Å²) in [5, 5.41) is 14.5. The van der Waals surface area contributed by atoms with E-state index in [1.807, 2.05) is 0 Å². The number of esters is 1. The van der Waals surface area contributed by atoms with Crippen LogP contribution in [0.15, 0.2) is 11.3 Å². The molecule has 2 unspecified atom stereocenters. The van der Waals surface area contributed by atoms with E-state index < -0.39 is 48.4 Å². The molecule has 4 rings (SSSR count). The van der Waals surface area contributed by atoms with Gasteiger partial charge in [0, 0.05) is 18.5 Å². The zero-order valence-corrected chi connectivity index (χ0v) is 21.0. The first-order valence-corrected chi connectivity index (χ1v) is 13.5. The van der Waals surface area contributed by atoms with Crippen LogP contribution in [0.25, 0.3) is 0 Å². The van der Waals surface area contributed by atoms with E-state index in [0.717, 1.165) is 11.4 Å². The van der Waals surface area contributed by atoms with Crippen LogP contribution in [0.2, 0.25) is 0 Å². The summed E-state index contributed by atoms with van der Waals surface area (Å²) in [7, 11) is 1.55. The number of fused-ring (bicyclic) bond motifs is 2. The van der Waals surface area contributed by atoms with Crippen LogP contribution < -0.4 is 5.32 Å². The molecule has 2 N–H and O–H groups in total. The van der Waals surface area contributed by atoms with Crippen molar-refractivity contribution in [3.8, 4) is 0 Å². The molecule has 2 fully saturated rings. The van der Waals surface area contributed by atoms with Crippen molar-refractivity contribution in [3.05, 3.63) is 12.0 Å². The van der Waals surface area contributed by atoms with Crippen molar-refractivity contribution >= 4 is 35.8 Å². The van der Waals surface area contributed by atoms with Gasteiger partial charge in [-0.2, -0.15) is 0 Å². The number of nitrogens with one attached hydrogen (secondary N) is 1. The minimum Gasteiger partial charge on any atom is -0.454 e. The number of carbonyl (C=O) groups excluding carboxylic acids is 1. The first kappa shape index (κ1) is 24.6. The highest BCUT2D eigenvalue weighted by Crippen LogP contribution is 2.66. The lowest BCUT2D eigenvalue weighted by Crippen LogP contribution is -2.47. The van der Waals surface area contributed by atoms with Crippen molar-refractivity contribution in [1.82, 2.24) is 14.9 Å². The van der Waals surface area contributed by atoms with Gasteiger partial charge in [0.15, 0.2) is 18.3 Å². The molecular formula is C19H29N4O8PS. The number of aromatic nitrogens is 2. The Balaban J connectivity index is 1.50. The van der Waals surface area contributed by atoms with E-state index in [-0.39, 0.29) is 12.5 Å². The third-order valence-electron chi connectivity index (χ3n) is 5.52. The van der Waals surface area contributed by atoms with Gasteiger partial charge in [-0.25, -0.2) is 14.5 Å². The zero-order valence-electron chi connectivity index (χ0n) is 19.3. The summed E-state index contributed by atoms with van der Waals surface area (Å²) in [4.78, 5) is 20.8. The van der Waals surface area contributed by atoms with Gasteiger partial charge in [0.05, 0.1) is 18.3 Å². The largest absolute Gasteiger partial charge is 0.454 e. The molecule has 0 bridgehead atoms. The van der Waals surface area contributed by atoms with E-state index in [0.29, 0.717) is 17.3 Å². The number of aliphatic hydroxyl groups is 1. The van der Waals surface area contributed by atoms with E-state index in [4.69, 9.17) is 23.3 Å². The van der Waals surface area contributed by atoms with Crippen LogP contribution in [-0.2, 0) is 32.6 Å². The standard InChI is InChI=1S/C19H29N4O8PS/c1-10-21-14-12(15(22-10)27-6)20-8-23(14)16-19(5,25)13-11(30-16)7-29-32(26,31-13)33-9-28-17(24)18(2,3)4/h8,11,13,15-16,25H,7,9H2,1-6H3,(H,21,22)/t11-,13-,15?,16-,19-,32?/m1/s1. The van der Waals surface area contributed by atoms with Gasteiger partial charge in [-0.15, -0.1) is 0 Å². The molecule has 0 amide bonds. The summed E-state index contributed by atoms with van der Waals surface area (Å²) in [5.41, 5.74) is -1.72. The molecule has 3 aliphatic rings. The second-order valence-corrected chi connectivity index (χ2v) is 13.2. The van der Waals surface area contributed by atoms with Gasteiger partial charge in [-0.3, -0.25) is 18.4 Å². The smallest absolute Gasteiger partial charge is 0.392 e. The maximum Gasteiger partial charge on any atom is 0.392 e. The fourth-order valence-electron chi connectivity index (χ4n) is 3.76. The minimum absolute atomic E-state index is 0.0593. The minimum atomic E-state index is -3.71. The maximum atomic E-state index is 13.1. The van der Waals surface area contributed by atoms with Crippen molar-refractivity contribution in [2.75, 3.05) is 19.7 Å². The molecule has 6 atom stereocenters. The van der Waals surface area contributed by atoms with Gasteiger partial charge in [-0.05, 0) is 34.6 Å². The summed E-state index contributed by atoms with van der Waals surface area (Å²) >= 11 is 0.755. The van der Waals surface area contributed by atoms with Crippen LogP contribution in [0.5, 0.6) is 0 Å². The molecular weight excluding hydrogens is 475 g/mol. The Hall–Kier alpha value is -1.47. The lowest BCUT2D eigenvalue weighted by molar-refractivity contribution is -0.150. The van der Waals surface area contributed by atoms with Crippen LogP contribution in [0.1, 0.15) is 52.8 Å². The average Bonchev–Trinajstić information content (AvgIpc) is 3.24. The molecule has 14 heteroatoms. The highest BCUT2D eigenvalue weighted by atomic mass is 32.7. The first-order chi connectivity index (χ1) is 15.4. The molecule has 3 aliphatic heterocycles. The van der Waals surface area contributed by atoms with E-state index in [9.17, 15) is 14.5 Å². The van der Waals surface area contributed by atoms with Gasteiger partial charge in [0.2, 0.25) is 0 Å². The molecule has 184 valence electrons. The van der Waals surface area contributed by atoms with Crippen molar-refractivity contribution in [2.24, 2.45) is 10.4 Å². The van der Waals surface area contributed by atoms with E-state index in [2.05, 4.69) is 15.3 Å². The lowest BCUT2D eigenvalue weighted by Gasteiger charge is -2.35. The van der Waals surface area contributed by atoms with Crippen LogP contribution in [0.3, 0.4) is 0 Å². The number of nitrogens with zero attached hydrogens (tertiary/aromatic N) is 3. The van der Waals surface area contributed by atoms with Crippen molar-refractivity contribution in [1.29, 1.82) is 0 Å². The van der Waals surface area contributed by atoms with Gasteiger partial charge in [0.1, 0.15) is 35.3 Å². The first-order valence-electron chi connectivity index (χ1n) is 10.4. The maximum absolute atomic E-state index is 13.1. The Kier molecular flexibility index (Phi) is 6.45. The summed E-state index contributed by atoms with van der Waals surface area (Å²) in [6.07, 6.45) is -1.52. The quantitative estimate of drug-likeness (QED) is 0.347. The molecule has 0 aromatic carbocycles. The molecule has 0 saturated carbocycles. The SMILES string of the molecule is COC1NC(C)=Nc2c1ncn2[C@@H]1O[C@@H]2COP(=O)(SCOC(=O)C(C)(C)C)O[C@H]2[C@@]1(C)O. The van der Waals surface area contributed by atoms with Crippen LogP contribution in [-0.4, -0.2) is 63.9 Å². The number of ether oxygens (including phenoxy) is 3. The average molecular weight is 505 g/mol. The number of carbonyl (C=O) groups is 1. The van der Waals surface area contributed by atoms with Crippen LogP contribution in [0, 0.1) is 5.41 Å². The highest BCUT2D eigenvalue weighted by Gasteiger charge is 2.60. The third kappa shape index (κ3) is 4.60. The molecule has 12 nitrogen and oxygen atoms in total. The van der Waals surface area contributed by atoms with Gasteiger partial charge in [-0.1, -0.05) is 0 Å². The van der Waals surface area contributed by atoms with Gasteiger partial charge in [0.25, 0.3) is 0 Å². The summed E-state index contributed by atoms with van der Waals surface area (Å²) < 4.78 is 42.6. The lowest BCUT2D eigenvalue weighted by atomic mass is 9.96. The van der Waals surface area contributed by atoms with Crippen molar-refractivity contribution < 1.29 is 37.7 Å². The van der Waals surface area contributed by atoms with Crippen molar-refractivity contribution in [3.63, 3.8) is 0 Å². The van der Waals surface area contributed by atoms with Crippen LogP contribution >= 0.6 is 18.2 Å². The number of hydrogen-bond donors (Lipinski definition) is 2. The van der Waals surface area contributed by atoms with Gasteiger partial charge < -0.3 is 24.6 Å². The molecule has 2 saturated heterocycles. The Labute approximate surface area is 195 Å². The third-order valence-corrected chi connectivity index (χ3v) is 8.84. The Morgan fingerprint density at radius 3 is 2.88 bits per heavy atom. The molecule has 1 aromatic heterocycles. The second kappa shape index (κ2) is 8.63. The van der Waals surface area contributed by atoms with Crippen molar-refractivity contribution in [2.45, 2.75) is 64.9 Å². The number of methoxy groups -OCH3 is 1. The summed E-state index contributed by atoms with van der Waals surface area (Å²) in [6.45, 7) is 4.73. The van der Waals surface area contributed by atoms with E-state index in [1.165, 1.54) is 6.33 Å². The Morgan fingerprint density at radius 1 is 1.48 bits per heavy atom. The summed E-state index contributed by atoms with van der Waals surface area (Å²) in [6, 6.07) is 0. The predicted molar refractivity (Wildman–Crippen MR) is 119 cm³/mol. The highest BCUT2D eigenvalue weighted by molar-refractivity contribution is 8.55. The molecule has 4 heterocycles. The number of rotatable bonds is 5. The topological polar surface area (TPSA) is 143 Å². The Bertz CT molecular complexity index is 1010. The molecule has 0 radical (unpaired) electrons. The predicted octanol–water partition coefficient (Wildman–Crippen LogP) is 2.63. The molecule has 0 spiro atoms. The normalized spacial score (nSPS) is 35.9. The molecule has 33 heavy (non-hydrogen) atoms. The summed E-state index contributed by atoms with van der Waals surface area (Å²) in [5.74, 6) is 0.467. The zero-order chi connectivity index (χ0) is 24.2. The monoisotopic (exact) mass is 504 g/mol. The molecule has 1 aromatic rings. The fraction of sp³-hybridized carbons (Fsp3) is 0.737.